The van der Waals surface area contributed by atoms with Gasteiger partial charge >= 0.3 is 39.5 Å². The van der Waals surface area contributed by atoms with Crippen LogP contribution in [0.1, 0.15) is 312 Å². The molecule has 5 atom stereocenters. The van der Waals surface area contributed by atoms with Crippen LogP contribution in [0.3, 0.4) is 0 Å². The fourth-order valence-corrected chi connectivity index (χ4v) is 11.1. The van der Waals surface area contributed by atoms with Gasteiger partial charge in [0, 0.05) is 25.7 Å². The van der Waals surface area contributed by atoms with Crippen LogP contribution in [0.4, 0.5) is 0 Å². The molecule has 0 amide bonds. The van der Waals surface area contributed by atoms with Crippen LogP contribution in [-0.4, -0.2) is 96.7 Å². The first kappa shape index (κ1) is 81.1. The smallest absolute Gasteiger partial charge is 0.462 e. The molecule has 2 unspecified atom stereocenters. The van der Waals surface area contributed by atoms with Crippen molar-refractivity contribution in [2.24, 2.45) is 17.8 Å². The van der Waals surface area contributed by atoms with Crippen LogP contribution >= 0.6 is 15.6 Å². The lowest BCUT2D eigenvalue weighted by Crippen LogP contribution is -2.30. The van der Waals surface area contributed by atoms with Crippen molar-refractivity contribution < 1.29 is 80.2 Å². The lowest BCUT2D eigenvalue weighted by Gasteiger charge is -2.21. The van der Waals surface area contributed by atoms with E-state index in [0.29, 0.717) is 31.6 Å². The summed E-state index contributed by atoms with van der Waals surface area (Å²) in [5, 5.41) is 10.5. The van der Waals surface area contributed by atoms with Gasteiger partial charge in [-0.2, -0.15) is 0 Å². The molecule has 0 bridgehead atoms. The molecule has 0 aromatic rings. The number of aliphatic hydroxyl groups excluding tert-OH is 1. The van der Waals surface area contributed by atoms with Crippen LogP contribution in [0.15, 0.2) is 0 Å². The largest absolute Gasteiger partial charge is 0.472 e. The maximum Gasteiger partial charge on any atom is 0.472 e. The second-order valence-electron chi connectivity index (χ2n) is 24.6. The Morgan fingerprint density at radius 3 is 0.819 bits per heavy atom. The minimum atomic E-state index is -4.95. The van der Waals surface area contributed by atoms with Crippen LogP contribution in [-0.2, 0) is 65.4 Å². The van der Waals surface area contributed by atoms with Gasteiger partial charge in [0.2, 0.25) is 0 Å². The molecule has 0 saturated carbocycles. The third-order valence-corrected chi connectivity index (χ3v) is 16.5. The molecule has 0 radical (unpaired) electrons. The van der Waals surface area contributed by atoms with Crippen LogP contribution in [0, 0.1) is 17.8 Å². The highest BCUT2D eigenvalue weighted by atomic mass is 31.2. The van der Waals surface area contributed by atoms with E-state index in [1.54, 1.807) is 0 Å². The van der Waals surface area contributed by atoms with Gasteiger partial charge in [-0.05, 0) is 43.4 Å². The summed E-state index contributed by atoms with van der Waals surface area (Å²) >= 11 is 0. The molecule has 0 aromatic heterocycles. The van der Waals surface area contributed by atoms with Crippen LogP contribution in [0.2, 0.25) is 0 Å². The molecule has 0 spiro atoms. The Balaban J connectivity index is 5.23. The fraction of sp³-hybridized carbons (Fsp3) is 0.938. The summed E-state index contributed by atoms with van der Waals surface area (Å²) in [6.45, 7) is 11.7. The predicted molar refractivity (Wildman–Crippen MR) is 331 cm³/mol. The predicted octanol–water partition coefficient (Wildman–Crippen LogP) is 17.5. The standard InChI is InChI=1S/C64H124O17P2/c1-8-9-10-11-12-16-23-31-38-45-61(66)74-52-60(81-64(69)48-41-34-27-26-30-37-44-57(6)7)54-79-83(72,73)77-50-58(65)49-76-82(70,71)78-53-59(51-75-62(67)46-39-32-24-20-19-22-29-36-43-56(4)5)80-63(68)47-40-33-25-18-15-13-14-17-21-28-35-42-55(2)3/h55-60,65H,8-54H2,1-7H3,(H,70,71)(H,72,73)/t58-,59-,60-/m1/s1. The number of hydrogen-bond acceptors (Lipinski definition) is 15. The number of aliphatic hydroxyl groups is 1. The van der Waals surface area contributed by atoms with E-state index in [-0.39, 0.29) is 25.7 Å². The van der Waals surface area contributed by atoms with Gasteiger partial charge in [0.15, 0.2) is 12.2 Å². The third-order valence-electron chi connectivity index (χ3n) is 14.6. The highest BCUT2D eigenvalue weighted by molar-refractivity contribution is 7.47. The van der Waals surface area contributed by atoms with Crippen molar-refractivity contribution >= 4 is 39.5 Å². The van der Waals surface area contributed by atoms with Crippen molar-refractivity contribution in [2.45, 2.75) is 330 Å². The van der Waals surface area contributed by atoms with Crippen molar-refractivity contribution in [3.8, 4) is 0 Å². The fourth-order valence-electron chi connectivity index (χ4n) is 9.48. The van der Waals surface area contributed by atoms with E-state index in [9.17, 15) is 43.2 Å². The van der Waals surface area contributed by atoms with E-state index in [2.05, 4.69) is 48.5 Å². The second kappa shape index (κ2) is 55.4. The maximum atomic E-state index is 13.0. The number of unbranched alkanes of at least 4 members (excludes halogenated alkanes) is 30. The minimum Gasteiger partial charge on any atom is -0.462 e. The molecule has 0 rings (SSSR count). The summed E-state index contributed by atoms with van der Waals surface area (Å²) in [4.78, 5) is 72.1. The van der Waals surface area contributed by atoms with Crippen molar-refractivity contribution in [2.75, 3.05) is 39.6 Å². The normalized spacial score (nSPS) is 14.4. The summed E-state index contributed by atoms with van der Waals surface area (Å²) in [6.07, 6.45) is 36.4. The third kappa shape index (κ3) is 58.8. The van der Waals surface area contributed by atoms with Crippen LogP contribution < -0.4 is 0 Å². The Kier molecular flexibility index (Phi) is 54.1. The second-order valence-corrected chi connectivity index (χ2v) is 27.5. The highest BCUT2D eigenvalue weighted by Gasteiger charge is 2.30. The summed E-state index contributed by atoms with van der Waals surface area (Å²) < 4.78 is 67.9. The number of hydrogen-bond donors (Lipinski definition) is 3. The summed E-state index contributed by atoms with van der Waals surface area (Å²) in [5.41, 5.74) is 0. The molecule has 492 valence electrons. The highest BCUT2D eigenvalue weighted by Crippen LogP contribution is 2.45. The van der Waals surface area contributed by atoms with E-state index < -0.39 is 97.5 Å². The number of carbonyl (C=O) groups is 4. The van der Waals surface area contributed by atoms with E-state index >= 15 is 0 Å². The summed E-state index contributed by atoms with van der Waals surface area (Å²) in [5.74, 6) is 0.0205. The first-order valence-corrected chi connectivity index (χ1v) is 36.3. The molecule has 0 saturated heterocycles. The molecule has 3 N–H and O–H groups in total. The SMILES string of the molecule is CCCCCCCCCCCC(=O)OC[C@H](COP(=O)(O)OC[C@H](O)COP(=O)(O)OC[C@@H](COC(=O)CCCCCCCCCCC(C)C)OC(=O)CCCCCCCCCCCCCC(C)C)OC(=O)CCCCCCCCC(C)C. The Bertz CT molecular complexity index is 1650. The lowest BCUT2D eigenvalue weighted by atomic mass is 10.0. The molecule has 83 heavy (non-hydrogen) atoms. The number of esters is 4. The first-order chi connectivity index (χ1) is 39.7. The molecule has 0 aliphatic rings. The molecule has 0 aromatic carbocycles. The van der Waals surface area contributed by atoms with Crippen molar-refractivity contribution in [1.29, 1.82) is 0 Å². The molecule has 0 aliphatic heterocycles. The van der Waals surface area contributed by atoms with E-state index in [0.717, 1.165) is 102 Å². The number of phosphoric ester groups is 2. The van der Waals surface area contributed by atoms with Gasteiger partial charge in [-0.1, -0.05) is 260 Å². The molecule has 17 nitrogen and oxygen atoms in total. The topological polar surface area (TPSA) is 237 Å². The van der Waals surface area contributed by atoms with Gasteiger partial charge < -0.3 is 33.8 Å². The minimum absolute atomic E-state index is 0.102. The Hall–Kier alpha value is -1.94. The molecule has 0 heterocycles. The van der Waals surface area contributed by atoms with Gasteiger partial charge in [-0.3, -0.25) is 37.3 Å². The van der Waals surface area contributed by atoms with Gasteiger partial charge in [0.1, 0.15) is 19.3 Å². The van der Waals surface area contributed by atoms with Crippen molar-refractivity contribution in [3.05, 3.63) is 0 Å². The van der Waals surface area contributed by atoms with Gasteiger partial charge in [0.25, 0.3) is 0 Å². The van der Waals surface area contributed by atoms with Gasteiger partial charge in [0.05, 0.1) is 26.4 Å². The quantitative estimate of drug-likeness (QED) is 0.0222. The Morgan fingerprint density at radius 1 is 0.325 bits per heavy atom. The average Bonchev–Trinajstić information content (AvgIpc) is 3.48. The van der Waals surface area contributed by atoms with Crippen molar-refractivity contribution in [1.82, 2.24) is 0 Å². The average molecular weight is 1230 g/mol. The maximum absolute atomic E-state index is 13.0. The zero-order valence-electron chi connectivity index (χ0n) is 53.6. The van der Waals surface area contributed by atoms with Crippen LogP contribution in [0.5, 0.6) is 0 Å². The molecule has 0 fully saturated rings. The number of phosphoric acid groups is 2. The summed E-state index contributed by atoms with van der Waals surface area (Å²) in [7, 11) is -9.89. The number of carbonyl (C=O) groups excluding carboxylic acids is 4. The number of rotatable bonds is 62. The molecular formula is C64H124O17P2. The zero-order valence-corrected chi connectivity index (χ0v) is 55.4. The Labute approximate surface area is 505 Å². The molecule has 19 heteroatoms. The summed E-state index contributed by atoms with van der Waals surface area (Å²) in [6, 6.07) is 0. The zero-order chi connectivity index (χ0) is 61.7. The van der Waals surface area contributed by atoms with E-state index in [1.807, 2.05) is 0 Å². The van der Waals surface area contributed by atoms with Gasteiger partial charge in [-0.15, -0.1) is 0 Å². The van der Waals surface area contributed by atoms with E-state index in [1.165, 1.54) is 122 Å². The van der Waals surface area contributed by atoms with Gasteiger partial charge in [-0.25, -0.2) is 9.13 Å². The molecule has 0 aliphatic carbocycles. The lowest BCUT2D eigenvalue weighted by molar-refractivity contribution is -0.161. The van der Waals surface area contributed by atoms with E-state index in [4.69, 9.17) is 37.0 Å². The molecular weight excluding hydrogens is 1100 g/mol. The Morgan fingerprint density at radius 2 is 0.554 bits per heavy atom. The monoisotopic (exact) mass is 1230 g/mol. The first-order valence-electron chi connectivity index (χ1n) is 33.3. The van der Waals surface area contributed by atoms with Crippen molar-refractivity contribution in [3.63, 3.8) is 0 Å². The van der Waals surface area contributed by atoms with Crippen LogP contribution in [0.25, 0.3) is 0 Å². The number of ether oxygens (including phenoxy) is 4.